The van der Waals surface area contributed by atoms with Gasteiger partial charge in [0.25, 0.3) is 0 Å². The number of esters is 2. The fraction of sp³-hybridized carbons (Fsp3) is 0.900. The molecule has 0 amide bonds. The summed E-state index contributed by atoms with van der Waals surface area (Å²) in [5, 5.41) is 9.84. The molecule has 0 fully saturated rings. The molecule has 0 radical (unpaired) electrons. The molecule has 0 heterocycles. The maximum absolute atomic E-state index is 11.8. The third-order valence-corrected chi connectivity index (χ3v) is 4.66. The molecule has 0 aliphatic rings. The van der Waals surface area contributed by atoms with Crippen LogP contribution in [-0.4, -0.2) is 36.4 Å². The lowest BCUT2D eigenvalue weighted by Gasteiger charge is -2.17. The summed E-state index contributed by atoms with van der Waals surface area (Å²) in [7, 11) is 0. The maximum Gasteiger partial charge on any atom is 0.335 e. The Bertz CT molecular complexity index is 356. The van der Waals surface area contributed by atoms with Crippen molar-refractivity contribution in [2.75, 3.05) is 13.2 Å². The topological polar surface area (TPSA) is 72.8 Å². The second kappa shape index (κ2) is 15.2. The molecule has 0 aromatic heterocycles. The first kappa shape index (κ1) is 23.9. The van der Waals surface area contributed by atoms with Crippen LogP contribution in [0, 0.1) is 11.8 Å². The third-order valence-electron chi connectivity index (χ3n) is 4.66. The van der Waals surface area contributed by atoms with Crippen molar-refractivity contribution in [1.29, 1.82) is 0 Å². The third kappa shape index (κ3) is 12.0. The average Bonchev–Trinajstić information content (AvgIpc) is 2.61. The van der Waals surface area contributed by atoms with Crippen LogP contribution in [0.3, 0.4) is 0 Å². The molecule has 5 heteroatoms. The highest BCUT2D eigenvalue weighted by Crippen LogP contribution is 2.15. The van der Waals surface area contributed by atoms with Gasteiger partial charge < -0.3 is 14.6 Å². The molecule has 0 saturated carbocycles. The highest BCUT2D eigenvalue weighted by atomic mass is 16.6. The van der Waals surface area contributed by atoms with E-state index in [2.05, 4.69) is 27.7 Å². The first-order valence-electron chi connectivity index (χ1n) is 9.98. The Hall–Kier alpha value is -1.10. The van der Waals surface area contributed by atoms with Crippen LogP contribution >= 0.6 is 0 Å². The SMILES string of the molecule is CCCC[C@H](CC)COC(=O)C[C@H](O)C(=O)OC[C@@H](CC)CCCC. The first-order valence-corrected chi connectivity index (χ1v) is 9.98. The molecule has 5 nitrogen and oxygen atoms in total. The summed E-state index contributed by atoms with van der Waals surface area (Å²) < 4.78 is 10.4. The van der Waals surface area contributed by atoms with E-state index in [1.807, 2.05) is 0 Å². The highest BCUT2D eigenvalue weighted by molar-refractivity contribution is 5.81. The Labute approximate surface area is 153 Å². The summed E-state index contributed by atoms with van der Waals surface area (Å²) in [4.78, 5) is 23.6. The normalized spacial score (nSPS) is 14.6. The van der Waals surface area contributed by atoms with Crippen molar-refractivity contribution in [2.24, 2.45) is 11.8 Å². The van der Waals surface area contributed by atoms with Crippen molar-refractivity contribution >= 4 is 11.9 Å². The molecule has 0 saturated heterocycles. The van der Waals surface area contributed by atoms with Gasteiger partial charge in [0.1, 0.15) is 0 Å². The summed E-state index contributed by atoms with van der Waals surface area (Å²) in [5.74, 6) is -0.619. The largest absolute Gasteiger partial charge is 0.465 e. The van der Waals surface area contributed by atoms with Gasteiger partial charge in [0, 0.05) is 0 Å². The van der Waals surface area contributed by atoms with E-state index in [0.717, 1.165) is 51.4 Å². The fourth-order valence-corrected chi connectivity index (χ4v) is 2.60. The number of rotatable bonds is 15. The zero-order valence-electron chi connectivity index (χ0n) is 16.6. The molecule has 0 unspecified atom stereocenters. The molecule has 3 atom stereocenters. The summed E-state index contributed by atoms with van der Waals surface area (Å²) in [5.41, 5.74) is 0. The van der Waals surface area contributed by atoms with Gasteiger partial charge >= 0.3 is 11.9 Å². The fourth-order valence-electron chi connectivity index (χ4n) is 2.60. The minimum absolute atomic E-state index is 0.302. The smallest absolute Gasteiger partial charge is 0.335 e. The van der Waals surface area contributed by atoms with Gasteiger partial charge in [0.05, 0.1) is 19.6 Å². The van der Waals surface area contributed by atoms with Crippen molar-refractivity contribution < 1.29 is 24.2 Å². The predicted octanol–water partition coefficient (Wildman–Crippen LogP) is 4.26. The first-order chi connectivity index (χ1) is 12.0. The van der Waals surface area contributed by atoms with Crippen molar-refractivity contribution in [2.45, 2.75) is 91.6 Å². The summed E-state index contributed by atoms with van der Waals surface area (Å²) >= 11 is 0. The number of hydrogen-bond donors (Lipinski definition) is 1. The molecular weight excluding hydrogens is 320 g/mol. The van der Waals surface area contributed by atoms with E-state index in [4.69, 9.17) is 9.47 Å². The molecule has 0 aromatic carbocycles. The predicted molar refractivity (Wildman–Crippen MR) is 99.2 cm³/mol. The van der Waals surface area contributed by atoms with Gasteiger partial charge in [0.2, 0.25) is 0 Å². The van der Waals surface area contributed by atoms with Gasteiger partial charge in [-0.05, 0) is 24.7 Å². The van der Waals surface area contributed by atoms with E-state index < -0.39 is 18.0 Å². The van der Waals surface area contributed by atoms with Gasteiger partial charge in [0.15, 0.2) is 6.10 Å². The second-order valence-electron chi connectivity index (χ2n) is 6.87. The Morgan fingerprint density at radius 3 is 1.76 bits per heavy atom. The van der Waals surface area contributed by atoms with Gasteiger partial charge in [-0.25, -0.2) is 4.79 Å². The summed E-state index contributed by atoms with van der Waals surface area (Å²) in [6.07, 6.45) is 6.58. The highest BCUT2D eigenvalue weighted by Gasteiger charge is 2.23. The van der Waals surface area contributed by atoms with Crippen LogP contribution in [0.5, 0.6) is 0 Å². The summed E-state index contributed by atoms with van der Waals surface area (Å²) in [6.45, 7) is 9.04. The number of ether oxygens (including phenoxy) is 2. The molecule has 25 heavy (non-hydrogen) atoms. The molecule has 148 valence electrons. The molecule has 0 bridgehead atoms. The quantitative estimate of drug-likeness (QED) is 0.443. The van der Waals surface area contributed by atoms with Crippen molar-refractivity contribution in [3.63, 3.8) is 0 Å². The molecule has 0 spiro atoms. The van der Waals surface area contributed by atoms with E-state index in [1.54, 1.807) is 0 Å². The number of carbonyl (C=O) groups is 2. The lowest BCUT2D eigenvalue weighted by Crippen LogP contribution is -2.29. The molecule has 0 aliphatic carbocycles. The molecule has 1 N–H and O–H groups in total. The monoisotopic (exact) mass is 358 g/mol. The molecule has 0 aliphatic heterocycles. The van der Waals surface area contributed by atoms with Crippen LogP contribution in [0.1, 0.15) is 85.5 Å². The minimum atomic E-state index is -1.44. The van der Waals surface area contributed by atoms with Crippen LogP contribution in [0.4, 0.5) is 0 Å². The summed E-state index contributed by atoms with van der Waals surface area (Å²) in [6, 6.07) is 0. The van der Waals surface area contributed by atoms with Crippen LogP contribution in [0.2, 0.25) is 0 Å². The molecule has 0 aromatic rings. The number of unbranched alkanes of at least 4 members (excludes halogenated alkanes) is 2. The zero-order valence-corrected chi connectivity index (χ0v) is 16.6. The standard InChI is InChI=1S/C20H38O5/c1-5-9-11-16(7-3)14-24-19(22)13-18(21)20(23)25-15-17(8-4)12-10-6-2/h16-18,21H,5-15H2,1-4H3/t16-,17-,18-/m0/s1. The van der Waals surface area contributed by atoms with E-state index >= 15 is 0 Å². The Kier molecular flexibility index (Phi) is 14.5. The van der Waals surface area contributed by atoms with Gasteiger partial charge in [-0.2, -0.15) is 0 Å². The minimum Gasteiger partial charge on any atom is -0.465 e. The number of carbonyl (C=O) groups excluding carboxylic acids is 2. The second-order valence-corrected chi connectivity index (χ2v) is 6.87. The Morgan fingerprint density at radius 1 is 0.840 bits per heavy atom. The Balaban J connectivity index is 4.09. The van der Waals surface area contributed by atoms with E-state index in [9.17, 15) is 14.7 Å². The Morgan fingerprint density at radius 2 is 1.32 bits per heavy atom. The van der Waals surface area contributed by atoms with E-state index in [0.29, 0.717) is 25.0 Å². The van der Waals surface area contributed by atoms with Gasteiger partial charge in [-0.1, -0.05) is 66.2 Å². The zero-order chi connectivity index (χ0) is 19.1. The van der Waals surface area contributed by atoms with E-state index in [1.165, 1.54) is 0 Å². The van der Waals surface area contributed by atoms with Crippen LogP contribution in [0.25, 0.3) is 0 Å². The van der Waals surface area contributed by atoms with Crippen molar-refractivity contribution in [1.82, 2.24) is 0 Å². The number of aliphatic hydroxyl groups is 1. The van der Waals surface area contributed by atoms with Crippen LogP contribution < -0.4 is 0 Å². The van der Waals surface area contributed by atoms with E-state index in [-0.39, 0.29) is 6.42 Å². The van der Waals surface area contributed by atoms with Crippen LogP contribution in [0.15, 0.2) is 0 Å². The average molecular weight is 359 g/mol. The van der Waals surface area contributed by atoms with Crippen molar-refractivity contribution in [3.8, 4) is 0 Å². The maximum atomic E-state index is 11.8. The lowest BCUT2D eigenvalue weighted by molar-refractivity contribution is -0.161. The lowest BCUT2D eigenvalue weighted by atomic mass is 10.0. The van der Waals surface area contributed by atoms with Gasteiger partial charge in [-0.3, -0.25) is 4.79 Å². The van der Waals surface area contributed by atoms with Crippen molar-refractivity contribution in [3.05, 3.63) is 0 Å². The molecule has 0 rings (SSSR count). The van der Waals surface area contributed by atoms with Crippen LogP contribution in [-0.2, 0) is 19.1 Å². The number of hydrogen-bond acceptors (Lipinski definition) is 5. The van der Waals surface area contributed by atoms with Gasteiger partial charge in [-0.15, -0.1) is 0 Å². The number of aliphatic hydroxyl groups excluding tert-OH is 1. The molecular formula is C20H38O5.